The van der Waals surface area contributed by atoms with Crippen LogP contribution >= 0.6 is 23.1 Å². The van der Waals surface area contributed by atoms with E-state index in [4.69, 9.17) is 4.74 Å². The molecule has 1 aromatic heterocycles. The summed E-state index contributed by atoms with van der Waals surface area (Å²) in [6.45, 7) is 2.58. The molecule has 21 heavy (non-hydrogen) atoms. The van der Waals surface area contributed by atoms with Crippen LogP contribution < -0.4 is 5.32 Å². The molecule has 0 bridgehead atoms. The van der Waals surface area contributed by atoms with E-state index in [2.05, 4.69) is 15.5 Å². The number of rotatable bonds is 6. The molecule has 1 N–H and O–H groups in total. The molecule has 0 spiro atoms. The number of nitrogens with zero attached hydrogens (tertiary/aromatic N) is 2. The Morgan fingerprint density at radius 1 is 1.48 bits per heavy atom. The summed E-state index contributed by atoms with van der Waals surface area (Å²) in [5.41, 5.74) is -4.40. The van der Waals surface area contributed by atoms with Crippen molar-refractivity contribution >= 4 is 34.1 Å². The number of nitrogens with one attached hydrogen (secondary N) is 1. The van der Waals surface area contributed by atoms with Crippen molar-refractivity contribution in [2.45, 2.75) is 42.1 Å². The van der Waals surface area contributed by atoms with Gasteiger partial charge >= 0.3 is 5.51 Å². The van der Waals surface area contributed by atoms with Crippen LogP contribution in [-0.4, -0.2) is 34.3 Å². The zero-order valence-corrected chi connectivity index (χ0v) is 12.8. The van der Waals surface area contributed by atoms with Gasteiger partial charge in [0, 0.05) is 24.8 Å². The number of halogens is 3. The first kappa shape index (κ1) is 16.5. The summed E-state index contributed by atoms with van der Waals surface area (Å²) >= 11 is 0.375. The van der Waals surface area contributed by atoms with E-state index in [-0.39, 0.29) is 39.2 Å². The van der Waals surface area contributed by atoms with E-state index in [9.17, 15) is 18.0 Å². The van der Waals surface area contributed by atoms with E-state index >= 15 is 0 Å². The molecule has 118 valence electrons. The molecule has 1 fully saturated rings. The highest BCUT2D eigenvalue weighted by Crippen LogP contribution is 2.39. The number of hydrogen-bond acceptors (Lipinski definition) is 6. The van der Waals surface area contributed by atoms with Crippen molar-refractivity contribution in [3.05, 3.63) is 0 Å². The molecule has 1 heterocycles. The maximum Gasteiger partial charge on any atom is 0.448 e. The number of hydrogen-bond donors (Lipinski definition) is 1. The molecule has 1 aliphatic carbocycles. The van der Waals surface area contributed by atoms with Gasteiger partial charge in [-0.1, -0.05) is 11.3 Å². The van der Waals surface area contributed by atoms with Crippen LogP contribution in [-0.2, 0) is 9.53 Å². The Morgan fingerprint density at radius 3 is 2.81 bits per heavy atom. The van der Waals surface area contributed by atoms with Crippen molar-refractivity contribution in [3.63, 3.8) is 0 Å². The van der Waals surface area contributed by atoms with Crippen LogP contribution in [0.15, 0.2) is 4.34 Å². The molecule has 0 atom stereocenters. The van der Waals surface area contributed by atoms with Crippen LogP contribution in [0.5, 0.6) is 0 Å². The summed E-state index contributed by atoms with van der Waals surface area (Å²) < 4.78 is 41.6. The first-order chi connectivity index (χ1) is 9.85. The van der Waals surface area contributed by atoms with Gasteiger partial charge in [-0.2, -0.15) is 13.2 Å². The van der Waals surface area contributed by atoms with Crippen molar-refractivity contribution in [2.75, 3.05) is 11.9 Å². The van der Waals surface area contributed by atoms with Crippen LogP contribution in [0.25, 0.3) is 0 Å². The number of alkyl halides is 3. The Bertz CT molecular complexity index is 489. The monoisotopic (exact) mass is 341 g/mol. The molecule has 1 saturated carbocycles. The number of amides is 1. The largest absolute Gasteiger partial charge is 0.448 e. The van der Waals surface area contributed by atoms with Gasteiger partial charge in [-0.25, -0.2) is 0 Å². The standard InChI is InChI=1S/C11H14F3N3O2S2/c1-2-19-7-3-6(4-7)5-8(18)15-9-16-17-10(20-9)21-11(12,13)14/h6-7H,2-5H2,1H3,(H,15,16,18). The van der Waals surface area contributed by atoms with E-state index in [1.807, 2.05) is 6.92 Å². The second kappa shape index (κ2) is 6.93. The quantitative estimate of drug-likeness (QED) is 0.635. The first-order valence-electron chi connectivity index (χ1n) is 6.36. The summed E-state index contributed by atoms with van der Waals surface area (Å²) in [6, 6.07) is 0. The predicted molar refractivity (Wildman–Crippen MR) is 73.2 cm³/mol. The lowest BCUT2D eigenvalue weighted by Gasteiger charge is -2.34. The van der Waals surface area contributed by atoms with E-state index in [0.29, 0.717) is 24.4 Å². The lowest BCUT2D eigenvalue weighted by Crippen LogP contribution is -2.33. The average molecular weight is 341 g/mol. The molecule has 1 aliphatic rings. The van der Waals surface area contributed by atoms with E-state index in [0.717, 1.165) is 12.8 Å². The summed E-state index contributed by atoms with van der Waals surface area (Å²) in [7, 11) is 0. The minimum absolute atomic E-state index is 0.0902. The fourth-order valence-corrected chi connectivity index (χ4v) is 3.51. The van der Waals surface area contributed by atoms with Gasteiger partial charge in [-0.3, -0.25) is 4.79 Å². The summed E-state index contributed by atoms with van der Waals surface area (Å²) in [5.74, 6) is 0.00755. The maximum absolute atomic E-state index is 12.1. The SMILES string of the molecule is CCOC1CC(CC(=O)Nc2nnc(SC(F)(F)F)s2)C1. The molecule has 0 aromatic carbocycles. The molecule has 0 unspecified atom stereocenters. The van der Waals surface area contributed by atoms with Crippen LogP contribution in [0.2, 0.25) is 0 Å². The summed E-state index contributed by atoms with van der Waals surface area (Å²) in [6.07, 6.45) is 2.23. The number of aromatic nitrogens is 2. The number of carbonyl (C=O) groups is 1. The predicted octanol–water partition coefficient (Wildman–Crippen LogP) is 3.29. The Hall–Kier alpha value is -0.870. The van der Waals surface area contributed by atoms with Gasteiger partial charge in [-0.15, -0.1) is 10.2 Å². The highest BCUT2D eigenvalue weighted by atomic mass is 32.2. The lowest BCUT2D eigenvalue weighted by molar-refractivity contribution is -0.119. The zero-order valence-electron chi connectivity index (χ0n) is 11.1. The zero-order chi connectivity index (χ0) is 15.5. The minimum Gasteiger partial charge on any atom is -0.378 e. The van der Waals surface area contributed by atoms with E-state index < -0.39 is 5.51 Å². The van der Waals surface area contributed by atoms with Gasteiger partial charge in [0.05, 0.1) is 6.10 Å². The molecule has 5 nitrogen and oxygen atoms in total. The molecular weight excluding hydrogens is 327 g/mol. The van der Waals surface area contributed by atoms with Gasteiger partial charge in [0.25, 0.3) is 0 Å². The molecule has 0 saturated heterocycles. The van der Waals surface area contributed by atoms with Crippen LogP contribution in [0.1, 0.15) is 26.2 Å². The normalized spacial score (nSPS) is 21.9. The third-order valence-electron chi connectivity index (χ3n) is 2.92. The van der Waals surface area contributed by atoms with Gasteiger partial charge in [-0.05, 0) is 25.7 Å². The first-order valence-corrected chi connectivity index (χ1v) is 7.99. The second-order valence-electron chi connectivity index (χ2n) is 4.59. The van der Waals surface area contributed by atoms with Gasteiger partial charge in [0.2, 0.25) is 11.0 Å². The molecule has 2 rings (SSSR count). The van der Waals surface area contributed by atoms with Crippen molar-refractivity contribution in [1.29, 1.82) is 0 Å². The summed E-state index contributed by atoms with van der Waals surface area (Å²) in [4.78, 5) is 11.7. The molecule has 0 aliphatic heterocycles. The minimum atomic E-state index is -4.40. The fourth-order valence-electron chi connectivity index (χ4n) is 2.05. The van der Waals surface area contributed by atoms with Crippen LogP contribution in [0.3, 0.4) is 0 Å². The topological polar surface area (TPSA) is 64.1 Å². The Kier molecular flexibility index (Phi) is 5.44. The highest BCUT2D eigenvalue weighted by Gasteiger charge is 2.32. The Morgan fingerprint density at radius 2 is 2.19 bits per heavy atom. The molecular formula is C11H14F3N3O2S2. The van der Waals surface area contributed by atoms with Gasteiger partial charge in [0.15, 0.2) is 4.34 Å². The fraction of sp³-hybridized carbons (Fsp3) is 0.727. The number of ether oxygens (including phenoxy) is 1. The molecule has 1 amide bonds. The molecule has 1 aromatic rings. The van der Waals surface area contributed by atoms with E-state index in [1.54, 1.807) is 0 Å². The third kappa shape index (κ3) is 5.44. The lowest BCUT2D eigenvalue weighted by atomic mass is 9.80. The van der Waals surface area contributed by atoms with Crippen LogP contribution in [0, 0.1) is 5.92 Å². The number of anilines is 1. The molecule has 0 radical (unpaired) electrons. The second-order valence-corrected chi connectivity index (χ2v) is 6.88. The van der Waals surface area contributed by atoms with Crippen molar-refractivity contribution in [1.82, 2.24) is 10.2 Å². The maximum atomic E-state index is 12.1. The number of carbonyl (C=O) groups excluding carboxylic acids is 1. The van der Waals surface area contributed by atoms with Gasteiger partial charge < -0.3 is 10.1 Å². The van der Waals surface area contributed by atoms with Crippen molar-refractivity contribution in [2.24, 2.45) is 5.92 Å². The molecule has 10 heteroatoms. The van der Waals surface area contributed by atoms with Crippen molar-refractivity contribution in [3.8, 4) is 0 Å². The summed E-state index contributed by atoms with van der Waals surface area (Å²) in [5, 5.41) is 9.48. The smallest absolute Gasteiger partial charge is 0.378 e. The Labute approximate surface area is 127 Å². The van der Waals surface area contributed by atoms with Gasteiger partial charge in [0.1, 0.15) is 0 Å². The van der Waals surface area contributed by atoms with Crippen molar-refractivity contribution < 1.29 is 22.7 Å². The van der Waals surface area contributed by atoms with Crippen LogP contribution in [0.4, 0.5) is 18.3 Å². The highest BCUT2D eigenvalue weighted by molar-refractivity contribution is 8.01. The van der Waals surface area contributed by atoms with E-state index in [1.165, 1.54) is 0 Å². The third-order valence-corrected chi connectivity index (χ3v) is 4.55. The number of thioether (sulfide) groups is 1. The Balaban J connectivity index is 1.73. The average Bonchev–Trinajstić information content (AvgIpc) is 2.71.